The van der Waals surface area contributed by atoms with E-state index in [1.54, 1.807) is 6.92 Å². The lowest BCUT2D eigenvalue weighted by Gasteiger charge is -2.26. The number of aliphatic hydroxyl groups is 1. The second-order valence-electron chi connectivity index (χ2n) is 7.20. The second kappa shape index (κ2) is 12.0. The number of aliphatic hydroxyl groups excluding tert-OH is 1. The van der Waals surface area contributed by atoms with Crippen LogP contribution in [0.4, 0.5) is 0 Å². The van der Waals surface area contributed by atoms with Gasteiger partial charge in [-0.1, -0.05) is 33.1 Å². The molecule has 0 aromatic heterocycles. The predicted octanol–water partition coefficient (Wildman–Crippen LogP) is 1.66. The van der Waals surface area contributed by atoms with E-state index in [2.05, 4.69) is 12.2 Å². The molecular weight excluding hydrogens is 347 g/mol. The molecular formula is C16H36N2O6P+. The Kier molecular flexibility index (Phi) is 11.8. The molecule has 0 aliphatic carbocycles. The first-order valence-electron chi connectivity index (χ1n) is 8.90. The van der Waals surface area contributed by atoms with Crippen LogP contribution in [0, 0.1) is 0 Å². The minimum atomic E-state index is -4.23. The summed E-state index contributed by atoms with van der Waals surface area (Å²) in [4.78, 5) is 21.4. The third-order valence-corrected chi connectivity index (χ3v) is 4.65. The molecule has 0 saturated carbocycles. The molecule has 0 rings (SSSR count). The number of unbranched alkanes of at least 4 members (excludes halogenated alkanes) is 2. The van der Waals surface area contributed by atoms with Gasteiger partial charge in [0.15, 0.2) is 0 Å². The van der Waals surface area contributed by atoms with Crippen LogP contribution in [0.25, 0.3) is 0 Å². The molecule has 3 atom stereocenters. The number of hydrogen-bond donors (Lipinski definition) is 3. The van der Waals surface area contributed by atoms with Crippen molar-refractivity contribution in [3.05, 3.63) is 0 Å². The van der Waals surface area contributed by atoms with Gasteiger partial charge in [-0.2, -0.15) is 0 Å². The number of phosphoric acid groups is 1. The zero-order valence-corrected chi connectivity index (χ0v) is 17.1. The number of rotatable bonds is 14. The van der Waals surface area contributed by atoms with Crippen molar-refractivity contribution in [2.75, 3.05) is 40.9 Å². The van der Waals surface area contributed by atoms with E-state index in [1.165, 1.54) is 0 Å². The molecule has 150 valence electrons. The van der Waals surface area contributed by atoms with E-state index in [-0.39, 0.29) is 25.5 Å². The second-order valence-corrected chi connectivity index (χ2v) is 8.66. The van der Waals surface area contributed by atoms with Crippen molar-refractivity contribution in [2.45, 2.75) is 58.1 Å². The molecule has 3 N–H and O–H groups in total. The Morgan fingerprint density at radius 2 is 1.84 bits per heavy atom. The van der Waals surface area contributed by atoms with Crippen molar-refractivity contribution in [3.63, 3.8) is 0 Å². The first-order valence-corrected chi connectivity index (χ1v) is 10.4. The first-order chi connectivity index (χ1) is 11.5. The van der Waals surface area contributed by atoms with Crippen LogP contribution in [-0.2, 0) is 18.4 Å². The molecule has 25 heavy (non-hydrogen) atoms. The van der Waals surface area contributed by atoms with E-state index in [1.807, 2.05) is 21.1 Å². The van der Waals surface area contributed by atoms with Gasteiger partial charge < -0.3 is 19.8 Å². The fourth-order valence-corrected chi connectivity index (χ4v) is 2.74. The molecule has 1 amide bonds. The first kappa shape index (κ1) is 24.5. The van der Waals surface area contributed by atoms with Crippen LogP contribution in [0.1, 0.15) is 46.0 Å². The summed E-state index contributed by atoms with van der Waals surface area (Å²) < 4.78 is 22.5. The molecule has 3 unspecified atom stereocenters. The van der Waals surface area contributed by atoms with Crippen molar-refractivity contribution in [2.24, 2.45) is 0 Å². The number of hydrogen-bond acceptors (Lipinski definition) is 5. The SMILES string of the molecule is CCCCCC(O)C(COP(=O)(O)OCC[N+](C)(C)C)NC(=O)CC. The van der Waals surface area contributed by atoms with Gasteiger partial charge >= 0.3 is 7.82 Å². The molecule has 0 aromatic carbocycles. The number of nitrogens with one attached hydrogen (secondary N) is 1. The fourth-order valence-electron chi connectivity index (χ4n) is 2.00. The summed E-state index contributed by atoms with van der Waals surface area (Å²) in [6.07, 6.45) is 2.71. The molecule has 8 nitrogen and oxygen atoms in total. The highest BCUT2D eigenvalue weighted by atomic mass is 31.2. The molecule has 0 radical (unpaired) electrons. The van der Waals surface area contributed by atoms with Gasteiger partial charge in [-0.25, -0.2) is 4.57 Å². The largest absolute Gasteiger partial charge is 0.472 e. The molecule has 0 heterocycles. The van der Waals surface area contributed by atoms with Gasteiger partial charge in [0.05, 0.1) is 39.9 Å². The van der Waals surface area contributed by atoms with Gasteiger partial charge in [0.2, 0.25) is 5.91 Å². The van der Waals surface area contributed by atoms with Crippen LogP contribution < -0.4 is 5.32 Å². The predicted molar refractivity (Wildman–Crippen MR) is 97.0 cm³/mol. The summed E-state index contributed by atoms with van der Waals surface area (Å²) >= 11 is 0. The quantitative estimate of drug-likeness (QED) is 0.239. The van der Waals surface area contributed by atoms with Crippen LogP contribution in [-0.4, -0.2) is 73.4 Å². The summed E-state index contributed by atoms with van der Waals surface area (Å²) in [5.74, 6) is -0.248. The van der Waals surface area contributed by atoms with E-state index < -0.39 is 20.0 Å². The third kappa shape index (κ3) is 13.4. The lowest BCUT2D eigenvalue weighted by molar-refractivity contribution is -0.870. The zero-order chi connectivity index (χ0) is 19.5. The highest BCUT2D eigenvalue weighted by molar-refractivity contribution is 7.47. The Morgan fingerprint density at radius 1 is 1.20 bits per heavy atom. The highest BCUT2D eigenvalue weighted by Gasteiger charge is 2.28. The van der Waals surface area contributed by atoms with E-state index >= 15 is 0 Å². The van der Waals surface area contributed by atoms with Gasteiger partial charge in [-0.3, -0.25) is 13.8 Å². The number of quaternary nitrogens is 1. The van der Waals surface area contributed by atoms with Crippen molar-refractivity contribution in [1.82, 2.24) is 5.32 Å². The molecule has 0 bridgehead atoms. The maximum Gasteiger partial charge on any atom is 0.472 e. The smallest absolute Gasteiger partial charge is 0.391 e. The van der Waals surface area contributed by atoms with Crippen molar-refractivity contribution >= 4 is 13.7 Å². The highest BCUT2D eigenvalue weighted by Crippen LogP contribution is 2.43. The number of phosphoric ester groups is 1. The lowest BCUT2D eigenvalue weighted by atomic mass is 10.0. The average molecular weight is 383 g/mol. The summed E-state index contributed by atoms with van der Waals surface area (Å²) in [6, 6.07) is -0.744. The lowest BCUT2D eigenvalue weighted by Crippen LogP contribution is -2.46. The normalized spacial score (nSPS) is 16.9. The number of nitrogens with zero attached hydrogens (tertiary/aromatic N) is 1. The van der Waals surface area contributed by atoms with Crippen LogP contribution in [0.15, 0.2) is 0 Å². The maximum atomic E-state index is 12.0. The number of carbonyl (C=O) groups excluding carboxylic acids is 1. The van der Waals surface area contributed by atoms with Gasteiger partial charge in [0.25, 0.3) is 0 Å². The van der Waals surface area contributed by atoms with Crippen molar-refractivity contribution < 1.29 is 32.9 Å². The third-order valence-electron chi connectivity index (χ3n) is 3.67. The van der Waals surface area contributed by atoms with Crippen LogP contribution >= 0.6 is 7.82 Å². The van der Waals surface area contributed by atoms with Crippen LogP contribution in [0.5, 0.6) is 0 Å². The Hall–Kier alpha value is -0.500. The van der Waals surface area contributed by atoms with Crippen LogP contribution in [0.2, 0.25) is 0 Å². The van der Waals surface area contributed by atoms with E-state index in [0.717, 1.165) is 19.3 Å². The van der Waals surface area contributed by atoms with E-state index in [4.69, 9.17) is 9.05 Å². The summed E-state index contributed by atoms with van der Waals surface area (Å²) in [5.41, 5.74) is 0. The molecule has 0 spiro atoms. The number of likely N-dealkylation sites (N-methyl/N-ethyl adjacent to an activating group) is 1. The molecule has 9 heteroatoms. The van der Waals surface area contributed by atoms with Gasteiger partial charge in [0.1, 0.15) is 13.2 Å². The fraction of sp³-hybridized carbons (Fsp3) is 0.938. The van der Waals surface area contributed by atoms with E-state index in [9.17, 15) is 19.4 Å². The van der Waals surface area contributed by atoms with E-state index in [0.29, 0.717) is 17.4 Å². The zero-order valence-electron chi connectivity index (χ0n) is 16.2. The average Bonchev–Trinajstić information content (AvgIpc) is 2.49. The monoisotopic (exact) mass is 383 g/mol. The maximum absolute atomic E-state index is 12.0. The van der Waals surface area contributed by atoms with Crippen LogP contribution in [0.3, 0.4) is 0 Å². The van der Waals surface area contributed by atoms with Gasteiger partial charge in [-0.05, 0) is 6.42 Å². The van der Waals surface area contributed by atoms with Crippen molar-refractivity contribution in [1.29, 1.82) is 0 Å². The summed E-state index contributed by atoms with van der Waals surface area (Å²) in [5, 5.41) is 12.9. The Balaban J connectivity index is 4.56. The molecule has 0 aliphatic heterocycles. The Labute approximate surface area is 151 Å². The van der Waals surface area contributed by atoms with Crippen molar-refractivity contribution in [3.8, 4) is 0 Å². The minimum absolute atomic E-state index is 0.0717. The Bertz CT molecular complexity index is 427. The van der Waals surface area contributed by atoms with Gasteiger partial charge in [0, 0.05) is 6.42 Å². The molecule has 0 aliphatic rings. The number of amides is 1. The van der Waals surface area contributed by atoms with Gasteiger partial charge in [-0.15, -0.1) is 0 Å². The molecule has 0 aromatic rings. The Morgan fingerprint density at radius 3 is 2.36 bits per heavy atom. The topological polar surface area (TPSA) is 105 Å². The standard InChI is InChI=1S/C16H35N2O6P/c1-6-8-9-10-15(19)14(17-16(20)7-2)13-24-25(21,22)23-12-11-18(3,4)5/h14-15,19H,6-13H2,1-5H3,(H-,17,20,21,22)/p+1. The molecule has 0 fully saturated rings. The summed E-state index contributed by atoms with van der Waals surface area (Å²) in [6.45, 7) is 4.09. The molecule has 0 saturated heterocycles. The minimum Gasteiger partial charge on any atom is -0.391 e. The number of carbonyl (C=O) groups is 1. The summed E-state index contributed by atoms with van der Waals surface area (Å²) in [7, 11) is 1.59.